The molecule has 0 rings (SSSR count). The molecule has 5 heteroatoms. The number of nitrogens with two attached hydrogens (primary N) is 1. The van der Waals surface area contributed by atoms with Crippen molar-refractivity contribution in [2.24, 2.45) is 5.73 Å². The Balaban J connectivity index is 4.09. The predicted molar refractivity (Wildman–Crippen MR) is 31.9 cm³/mol. The maximum atomic E-state index is 10.3. The van der Waals surface area contributed by atoms with Gasteiger partial charge in [0.1, 0.15) is 0 Å². The highest BCUT2D eigenvalue weighted by Gasteiger charge is 2.32. The number of carbonyl (C=O) groups is 1. The molecule has 0 aliphatic heterocycles. The van der Waals surface area contributed by atoms with Crippen molar-refractivity contribution >= 4 is 17.5 Å². The van der Waals surface area contributed by atoms with E-state index < -0.39 is 24.0 Å². The van der Waals surface area contributed by atoms with Gasteiger partial charge in [-0.25, -0.2) is 0 Å². The minimum Gasteiger partial charge on any atom is -0.394 e. The van der Waals surface area contributed by atoms with Crippen LogP contribution in [0, 0.1) is 0 Å². The molecule has 0 aromatic rings. The monoisotopic (exact) mass is 153 g/mol. The summed E-state index contributed by atoms with van der Waals surface area (Å²) >= 11 is 5.27. The smallest absolute Gasteiger partial charge is 0.243 e. The molecule has 0 saturated carbocycles. The molecule has 0 aromatic carbocycles. The Kier molecular flexibility index (Phi) is 2.90. The minimum atomic E-state index is -1.69. The molecule has 0 aliphatic carbocycles. The molecule has 0 heterocycles. The molecule has 0 spiro atoms. The minimum absolute atomic E-state index is 0.652. The maximum absolute atomic E-state index is 10.3. The van der Waals surface area contributed by atoms with E-state index in [2.05, 4.69) is 0 Å². The van der Waals surface area contributed by atoms with Crippen LogP contribution in [0.25, 0.3) is 0 Å². The number of hydrogen-bond acceptors (Lipinski definition) is 3. The van der Waals surface area contributed by atoms with Gasteiger partial charge in [-0.2, -0.15) is 0 Å². The molecule has 4 nitrogen and oxygen atoms in total. The lowest BCUT2D eigenvalue weighted by atomic mass is 10.1. The summed E-state index contributed by atoms with van der Waals surface area (Å²) in [7, 11) is 0. The largest absolute Gasteiger partial charge is 0.394 e. The van der Waals surface area contributed by atoms with E-state index in [1.54, 1.807) is 0 Å². The molecule has 0 bridgehead atoms. The van der Waals surface area contributed by atoms with Gasteiger partial charge in [-0.15, -0.1) is 11.6 Å². The van der Waals surface area contributed by atoms with E-state index >= 15 is 0 Å². The first-order valence-corrected chi connectivity index (χ1v) is 2.65. The number of halogens is 1. The number of alkyl halides is 1. The Morgan fingerprint density at radius 1 is 1.56 bits per heavy atom. The number of aliphatic hydroxyl groups is 2. The lowest BCUT2D eigenvalue weighted by Crippen LogP contribution is -2.45. The first kappa shape index (κ1) is 8.68. The summed E-state index contributed by atoms with van der Waals surface area (Å²) in [5.74, 6) is -0.922. The molecule has 54 valence electrons. The Hall–Kier alpha value is -0.320. The van der Waals surface area contributed by atoms with Gasteiger partial charge < -0.3 is 15.9 Å². The molecular weight excluding hydrogens is 146 g/mol. The summed E-state index contributed by atoms with van der Waals surface area (Å²) in [6.45, 7) is -1.30. The summed E-state index contributed by atoms with van der Waals surface area (Å²) < 4.78 is 0. The van der Waals surface area contributed by atoms with Crippen molar-refractivity contribution in [2.45, 2.75) is 4.87 Å². The lowest BCUT2D eigenvalue weighted by Gasteiger charge is -2.16. The maximum Gasteiger partial charge on any atom is 0.243 e. The molecule has 0 saturated heterocycles. The third-order valence-electron chi connectivity index (χ3n) is 0.943. The predicted octanol–water partition coefficient (Wildman–Crippen LogP) is -1.57. The van der Waals surface area contributed by atoms with E-state index in [9.17, 15) is 4.79 Å². The average molecular weight is 154 g/mol. The molecule has 1 amide bonds. The number of aliphatic hydroxyl groups excluding tert-OH is 2. The molecule has 4 N–H and O–H groups in total. The van der Waals surface area contributed by atoms with Gasteiger partial charge in [0.05, 0.1) is 13.2 Å². The molecule has 0 atom stereocenters. The van der Waals surface area contributed by atoms with Gasteiger partial charge in [0.15, 0.2) is 4.87 Å². The Bertz CT molecular complexity index is 112. The fraction of sp³-hybridized carbons (Fsp3) is 0.750. The zero-order valence-corrected chi connectivity index (χ0v) is 5.43. The van der Waals surface area contributed by atoms with E-state index in [1.165, 1.54) is 0 Å². The van der Waals surface area contributed by atoms with Crippen LogP contribution in [-0.4, -0.2) is 34.2 Å². The van der Waals surface area contributed by atoms with Gasteiger partial charge >= 0.3 is 0 Å². The highest BCUT2D eigenvalue weighted by atomic mass is 35.5. The Morgan fingerprint density at radius 3 is 1.89 bits per heavy atom. The fourth-order valence-electron chi connectivity index (χ4n) is 0.206. The number of amides is 1. The van der Waals surface area contributed by atoms with Gasteiger partial charge in [-0.1, -0.05) is 0 Å². The Labute approximate surface area is 57.2 Å². The second kappa shape index (κ2) is 3.00. The van der Waals surface area contributed by atoms with Crippen LogP contribution in [-0.2, 0) is 4.79 Å². The Morgan fingerprint density at radius 2 is 1.89 bits per heavy atom. The van der Waals surface area contributed by atoms with Crippen molar-refractivity contribution in [3.8, 4) is 0 Å². The number of hydrogen-bond donors (Lipinski definition) is 3. The van der Waals surface area contributed by atoms with Gasteiger partial charge in [0.25, 0.3) is 0 Å². The first-order chi connectivity index (χ1) is 4.06. The van der Waals surface area contributed by atoms with E-state index in [0.29, 0.717) is 0 Å². The fourth-order valence-corrected chi connectivity index (χ4v) is 0.206. The number of primary amides is 1. The first-order valence-electron chi connectivity index (χ1n) is 2.27. The zero-order valence-electron chi connectivity index (χ0n) is 4.67. The summed E-state index contributed by atoms with van der Waals surface area (Å²) in [5, 5.41) is 16.7. The van der Waals surface area contributed by atoms with Crippen molar-refractivity contribution < 1.29 is 15.0 Å². The van der Waals surface area contributed by atoms with Crippen LogP contribution >= 0.6 is 11.6 Å². The van der Waals surface area contributed by atoms with Gasteiger partial charge in [0, 0.05) is 0 Å². The molecule has 0 aliphatic rings. The van der Waals surface area contributed by atoms with Gasteiger partial charge in [0.2, 0.25) is 5.91 Å². The number of rotatable bonds is 3. The second-order valence-electron chi connectivity index (χ2n) is 1.65. The molecular formula is C4H8ClNO3. The topological polar surface area (TPSA) is 83.6 Å². The highest BCUT2D eigenvalue weighted by molar-refractivity contribution is 6.35. The van der Waals surface area contributed by atoms with Crippen molar-refractivity contribution in [1.82, 2.24) is 0 Å². The third kappa shape index (κ3) is 1.82. The van der Waals surface area contributed by atoms with Crippen molar-refractivity contribution in [2.75, 3.05) is 13.2 Å². The van der Waals surface area contributed by atoms with Crippen LogP contribution in [0.3, 0.4) is 0 Å². The zero-order chi connectivity index (χ0) is 7.49. The van der Waals surface area contributed by atoms with Crippen LogP contribution in [0.2, 0.25) is 0 Å². The lowest BCUT2D eigenvalue weighted by molar-refractivity contribution is -0.122. The van der Waals surface area contributed by atoms with Crippen molar-refractivity contribution in [3.05, 3.63) is 0 Å². The standard InChI is InChI=1S/C4H8ClNO3/c5-4(1-7,2-8)3(6)9/h7-8H,1-2H2,(H2,6,9). The highest BCUT2D eigenvalue weighted by Crippen LogP contribution is 2.11. The average Bonchev–Trinajstić information content (AvgIpc) is 1.86. The summed E-state index contributed by atoms with van der Waals surface area (Å²) in [6.07, 6.45) is 0. The SMILES string of the molecule is NC(=O)C(Cl)(CO)CO. The van der Waals surface area contributed by atoms with Gasteiger partial charge in [-0.3, -0.25) is 4.79 Å². The van der Waals surface area contributed by atoms with E-state index in [4.69, 9.17) is 27.5 Å². The molecule has 9 heavy (non-hydrogen) atoms. The van der Waals surface area contributed by atoms with Crippen LogP contribution < -0.4 is 5.73 Å². The quantitative estimate of drug-likeness (QED) is 0.429. The van der Waals surface area contributed by atoms with E-state index in [0.717, 1.165) is 0 Å². The second-order valence-corrected chi connectivity index (χ2v) is 2.37. The van der Waals surface area contributed by atoms with Crippen LogP contribution in [0.5, 0.6) is 0 Å². The van der Waals surface area contributed by atoms with Gasteiger partial charge in [-0.05, 0) is 0 Å². The van der Waals surface area contributed by atoms with Crippen molar-refractivity contribution in [3.63, 3.8) is 0 Å². The van der Waals surface area contributed by atoms with Crippen LogP contribution in [0.15, 0.2) is 0 Å². The molecule has 0 aromatic heterocycles. The van der Waals surface area contributed by atoms with E-state index in [-0.39, 0.29) is 0 Å². The normalized spacial score (nSPS) is 11.4. The molecule has 0 radical (unpaired) electrons. The summed E-state index contributed by atoms with van der Waals surface area (Å²) in [6, 6.07) is 0. The molecule has 0 unspecified atom stereocenters. The van der Waals surface area contributed by atoms with Crippen LogP contribution in [0.1, 0.15) is 0 Å². The summed E-state index contributed by atoms with van der Waals surface area (Å²) in [4.78, 5) is 8.56. The van der Waals surface area contributed by atoms with Crippen molar-refractivity contribution in [1.29, 1.82) is 0 Å². The van der Waals surface area contributed by atoms with E-state index in [1.807, 2.05) is 0 Å². The molecule has 0 fully saturated rings. The summed E-state index contributed by atoms with van der Waals surface area (Å²) in [5.41, 5.74) is 4.70. The van der Waals surface area contributed by atoms with Crippen LogP contribution in [0.4, 0.5) is 0 Å². The number of carbonyl (C=O) groups excluding carboxylic acids is 1. The third-order valence-corrected chi connectivity index (χ3v) is 1.37.